The third kappa shape index (κ3) is 3.84. The molecule has 4 nitrogen and oxygen atoms in total. The van der Waals surface area contributed by atoms with Crippen molar-refractivity contribution in [3.05, 3.63) is 35.4 Å². The standard InChI is InChI=1S/C16H21NO3/c1-12-11-13(4-8-16(18)19)3-7-15(12)17(9-10-20-2)14-5-6-14/h3-4,7-8,11,14H,5-6,9-10H2,1-2H3,(H,18,19). The molecule has 1 aliphatic rings. The highest BCUT2D eigenvalue weighted by molar-refractivity contribution is 5.85. The number of hydrogen-bond donors (Lipinski definition) is 1. The number of carbonyl (C=O) groups is 1. The lowest BCUT2D eigenvalue weighted by atomic mass is 10.1. The van der Waals surface area contributed by atoms with E-state index >= 15 is 0 Å². The van der Waals surface area contributed by atoms with Crippen molar-refractivity contribution in [2.24, 2.45) is 0 Å². The number of ether oxygens (including phenoxy) is 1. The summed E-state index contributed by atoms with van der Waals surface area (Å²) in [5, 5.41) is 8.66. The topological polar surface area (TPSA) is 49.8 Å². The van der Waals surface area contributed by atoms with Gasteiger partial charge in [0.2, 0.25) is 0 Å². The summed E-state index contributed by atoms with van der Waals surface area (Å²) in [5.41, 5.74) is 3.30. The van der Waals surface area contributed by atoms with E-state index in [0.717, 1.165) is 24.8 Å². The highest BCUT2D eigenvalue weighted by Gasteiger charge is 2.29. The summed E-state index contributed by atoms with van der Waals surface area (Å²) >= 11 is 0. The molecule has 0 saturated heterocycles. The highest BCUT2D eigenvalue weighted by Crippen LogP contribution is 2.33. The average molecular weight is 275 g/mol. The third-order valence-electron chi connectivity index (χ3n) is 3.47. The van der Waals surface area contributed by atoms with Crippen molar-refractivity contribution in [3.8, 4) is 0 Å². The Morgan fingerprint density at radius 1 is 1.50 bits per heavy atom. The first kappa shape index (κ1) is 14.6. The number of aliphatic carboxylic acids is 1. The fourth-order valence-electron chi connectivity index (χ4n) is 2.35. The maximum atomic E-state index is 10.5. The average Bonchev–Trinajstić information content (AvgIpc) is 3.23. The molecule has 1 N–H and O–H groups in total. The van der Waals surface area contributed by atoms with Crippen LogP contribution in [0, 0.1) is 6.92 Å². The number of benzene rings is 1. The van der Waals surface area contributed by atoms with Crippen molar-refractivity contribution in [2.45, 2.75) is 25.8 Å². The fraction of sp³-hybridized carbons (Fsp3) is 0.438. The monoisotopic (exact) mass is 275 g/mol. The summed E-state index contributed by atoms with van der Waals surface area (Å²) in [6.07, 6.45) is 5.27. The van der Waals surface area contributed by atoms with Crippen LogP contribution < -0.4 is 4.90 Å². The summed E-state index contributed by atoms with van der Waals surface area (Å²) in [6.45, 7) is 3.68. The molecular formula is C16H21NO3. The van der Waals surface area contributed by atoms with E-state index < -0.39 is 5.97 Å². The van der Waals surface area contributed by atoms with Crippen LogP contribution in [0.5, 0.6) is 0 Å². The molecule has 1 aromatic carbocycles. The number of methoxy groups -OCH3 is 1. The molecule has 0 aromatic heterocycles. The molecule has 0 amide bonds. The molecule has 0 aliphatic heterocycles. The molecule has 1 aliphatic carbocycles. The number of rotatable bonds is 7. The van der Waals surface area contributed by atoms with E-state index in [9.17, 15) is 4.79 Å². The smallest absolute Gasteiger partial charge is 0.328 e. The lowest BCUT2D eigenvalue weighted by molar-refractivity contribution is -0.131. The van der Waals surface area contributed by atoms with Gasteiger partial charge in [-0.3, -0.25) is 0 Å². The first-order chi connectivity index (χ1) is 9.61. The summed E-state index contributed by atoms with van der Waals surface area (Å²) in [7, 11) is 1.72. The van der Waals surface area contributed by atoms with Gasteiger partial charge in [-0.1, -0.05) is 6.07 Å². The van der Waals surface area contributed by atoms with Crippen molar-refractivity contribution in [2.75, 3.05) is 25.2 Å². The Morgan fingerprint density at radius 3 is 2.80 bits per heavy atom. The van der Waals surface area contributed by atoms with E-state index in [4.69, 9.17) is 9.84 Å². The number of carboxylic acid groups (broad SMARTS) is 1. The second kappa shape index (κ2) is 6.57. The molecule has 4 heteroatoms. The van der Waals surface area contributed by atoms with Crippen molar-refractivity contribution >= 4 is 17.7 Å². The van der Waals surface area contributed by atoms with Crippen LogP contribution in [-0.2, 0) is 9.53 Å². The number of anilines is 1. The Balaban J connectivity index is 2.16. The number of carboxylic acids is 1. The quantitative estimate of drug-likeness (QED) is 0.777. The Morgan fingerprint density at radius 2 is 2.25 bits per heavy atom. The maximum absolute atomic E-state index is 10.5. The first-order valence-corrected chi connectivity index (χ1v) is 6.89. The second-order valence-corrected chi connectivity index (χ2v) is 5.13. The summed E-state index contributed by atoms with van der Waals surface area (Å²) in [5.74, 6) is -0.925. The van der Waals surface area contributed by atoms with Crippen LogP contribution in [0.3, 0.4) is 0 Å². The Kier molecular flexibility index (Phi) is 4.79. The molecule has 0 spiro atoms. The molecule has 0 unspecified atom stereocenters. The largest absolute Gasteiger partial charge is 0.478 e. The van der Waals surface area contributed by atoms with E-state index in [1.807, 2.05) is 12.1 Å². The highest BCUT2D eigenvalue weighted by atomic mass is 16.5. The predicted molar refractivity (Wildman–Crippen MR) is 80.1 cm³/mol. The minimum absolute atomic E-state index is 0.629. The van der Waals surface area contributed by atoms with Crippen LogP contribution in [0.25, 0.3) is 6.08 Å². The van der Waals surface area contributed by atoms with E-state index in [1.165, 1.54) is 24.1 Å². The van der Waals surface area contributed by atoms with Crippen molar-refractivity contribution in [1.82, 2.24) is 0 Å². The van der Waals surface area contributed by atoms with Crippen molar-refractivity contribution in [3.63, 3.8) is 0 Å². The van der Waals surface area contributed by atoms with E-state index in [-0.39, 0.29) is 0 Å². The van der Waals surface area contributed by atoms with Gasteiger partial charge in [-0.25, -0.2) is 4.79 Å². The molecule has 0 heterocycles. The summed E-state index contributed by atoms with van der Waals surface area (Å²) in [6, 6.07) is 6.69. The Labute approximate surface area is 119 Å². The molecular weight excluding hydrogens is 254 g/mol. The van der Waals surface area contributed by atoms with Gasteiger partial charge in [-0.05, 0) is 49.1 Å². The van der Waals surface area contributed by atoms with Crippen LogP contribution >= 0.6 is 0 Å². The van der Waals surface area contributed by atoms with Gasteiger partial charge >= 0.3 is 5.97 Å². The molecule has 20 heavy (non-hydrogen) atoms. The van der Waals surface area contributed by atoms with Crippen LogP contribution in [0.4, 0.5) is 5.69 Å². The minimum Gasteiger partial charge on any atom is -0.478 e. The molecule has 0 radical (unpaired) electrons. The van der Waals surface area contributed by atoms with Crippen LogP contribution in [0.2, 0.25) is 0 Å². The molecule has 108 valence electrons. The molecule has 1 saturated carbocycles. The van der Waals surface area contributed by atoms with E-state index in [1.54, 1.807) is 13.2 Å². The first-order valence-electron chi connectivity index (χ1n) is 6.89. The fourth-order valence-corrected chi connectivity index (χ4v) is 2.35. The van der Waals surface area contributed by atoms with Gasteiger partial charge in [0, 0.05) is 31.5 Å². The summed E-state index contributed by atoms with van der Waals surface area (Å²) < 4.78 is 5.18. The molecule has 0 bridgehead atoms. The molecule has 1 fully saturated rings. The SMILES string of the molecule is COCCN(c1ccc(C=CC(=O)O)cc1C)C1CC1. The van der Waals surface area contributed by atoms with Gasteiger partial charge in [0.1, 0.15) is 0 Å². The van der Waals surface area contributed by atoms with Crippen LogP contribution in [0.15, 0.2) is 24.3 Å². The third-order valence-corrected chi connectivity index (χ3v) is 3.47. The van der Waals surface area contributed by atoms with Crippen molar-refractivity contribution < 1.29 is 14.6 Å². The van der Waals surface area contributed by atoms with Crippen LogP contribution in [0.1, 0.15) is 24.0 Å². The Hall–Kier alpha value is -1.81. The van der Waals surface area contributed by atoms with Gasteiger partial charge in [0.15, 0.2) is 0 Å². The minimum atomic E-state index is -0.925. The zero-order valence-corrected chi connectivity index (χ0v) is 12.0. The lowest BCUT2D eigenvalue weighted by Gasteiger charge is -2.26. The molecule has 0 atom stereocenters. The van der Waals surface area contributed by atoms with Gasteiger partial charge in [-0.15, -0.1) is 0 Å². The number of aryl methyl sites for hydroxylation is 1. The predicted octanol–water partition coefficient (Wildman–Crippen LogP) is 2.71. The normalized spacial score (nSPS) is 14.7. The number of hydrogen-bond acceptors (Lipinski definition) is 3. The maximum Gasteiger partial charge on any atom is 0.328 e. The zero-order valence-electron chi connectivity index (χ0n) is 12.0. The van der Waals surface area contributed by atoms with E-state index in [0.29, 0.717) is 6.04 Å². The van der Waals surface area contributed by atoms with Gasteiger partial charge in [0.05, 0.1) is 6.61 Å². The van der Waals surface area contributed by atoms with Gasteiger partial charge < -0.3 is 14.7 Å². The second-order valence-electron chi connectivity index (χ2n) is 5.13. The summed E-state index contributed by atoms with van der Waals surface area (Å²) in [4.78, 5) is 12.9. The van der Waals surface area contributed by atoms with Crippen LogP contribution in [-0.4, -0.2) is 37.4 Å². The molecule has 1 aromatic rings. The van der Waals surface area contributed by atoms with Gasteiger partial charge in [0.25, 0.3) is 0 Å². The van der Waals surface area contributed by atoms with Crippen molar-refractivity contribution in [1.29, 1.82) is 0 Å². The Bertz CT molecular complexity index is 506. The lowest BCUT2D eigenvalue weighted by Crippen LogP contribution is -2.30. The number of nitrogens with zero attached hydrogens (tertiary/aromatic N) is 1. The van der Waals surface area contributed by atoms with Gasteiger partial charge in [-0.2, -0.15) is 0 Å². The van der Waals surface area contributed by atoms with E-state index in [2.05, 4.69) is 17.9 Å². The zero-order chi connectivity index (χ0) is 14.5. The molecule has 2 rings (SSSR count).